The zero-order chi connectivity index (χ0) is 15.2. The molecular formula is C15H18FN3O2. The van der Waals surface area contributed by atoms with Crippen LogP contribution in [0.3, 0.4) is 0 Å². The van der Waals surface area contributed by atoms with Crippen LogP contribution in [0.4, 0.5) is 4.39 Å². The SMILES string of the molecule is CCNC(c1nccnc1OC)c1c(F)cccc1OC. The first-order chi connectivity index (χ1) is 10.2. The van der Waals surface area contributed by atoms with Gasteiger partial charge in [0.15, 0.2) is 0 Å². The lowest BCUT2D eigenvalue weighted by Gasteiger charge is -2.21. The topological polar surface area (TPSA) is 56.3 Å². The van der Waals surface area contributed by atoms with Crippen molar-refractivity contribution < 1.29 is 13.9 Å². The molecular weight excluding hydrogens is 273 g/mol. The zero-order valence-corrected chi connectivity index (χ0v) is 12.3. The van der Waals surface area contributed by atoms with E-state index in [1.54, 1.807) is 18.3 Å². The summed E-state index contributed by atoms with van der Waals surface area (Å²) in [6.45, 7) is 2.56. The summed E-state index contributed by atoms with van der Waals surface area (Å²) >= 11 is 0. The minimum atomic E-state index is -0.505. The van der Waals surface area contributed by atoms with E-state index in [1.807, 2.05) is 6.92 Å². The highest BCUT2D eigenvalue weighted by atomic mass is 19.1. The number of aromatic nitrogens is 2. The van der Waals surface area contributed by atoms with Crippen molar-refractivity contribution in [3.63, 3.8) is 0 Å². The van der Waals surface area contributed by atoms with Gasteiger partial charge in [-0.1, -0.05) is 13.0 Å². The van der Waals surface area contributed by atoms with Gasteiger partial charge >= 0.3 is 0 Å². The van der Waals surface area contributed by atoms with E-state index < -0.39 is 6.04 Å². The molecule has 1 unspecified atom stereocenters. The fourth-order valence-corrected chi connectivity index (χ4v) is 2.21. The van der Waals surface area contributed by atoms with E-state index in [4.69, 9.17) is 9.47 Å². The second kappa shape index (κ2) is 6.99. The van der Waals surface area contributed by atoms with Crippen LogP contribution < -0.4 is 14.8 Å². The standard InChI is InChI=1S/C15H18FN3O2/c1-4-17-13(14-15(21-3)19-9-8-18-14)12-10(16)6-5-7-11(12)20-2/h5-9,13,17H,4H2,1-3H3. The molecule has 0 radical (unpaired) electrons. The first-order valence-electron chi connectivity index (χ1n) is 6.63. The lowest BCUT2D eigenvalue weighted by Crippen LogP contribution is -2.25. The molecule has 1 heterocycles. The molecule has 0 amide bonds. The fraction of sp³-hybridized carbons (Fsp3) is 0.333. The van der Waals surface area contributed by atoms with Gasteiger partial charge in [0.1, 0.15) is 17.3 Å². The summed E-state index contributed by atoms with van der Waals surface area (Å²) in [5, 5.41) is 3.20. The van der Waals surface area contributed by atoms with E-state index in [-0.39, 0.29) is 5.82 Å². The van der Waals surface area contributed by atoms with Crippen molar-refractivity contribution in [2.45, 2.75) is 13.0 Å². The Labute approximate surface area is 123 Å². The van der Waals surface area contributed by atoms with Crippen LogP contribution in [0.5, 0.6) is 11.6 Å². The summed E-state index contributed by atoms with van der Waals surface area (Å²) in [6, 6.07) is 4.21. The normalized spacial score (nSPS) is 12.0. The number of hydrogen-bond acceptors (Lipinski definition) is 5. The maximum atomic E-state index is 14.3. The third-order valence-corrected chi connectivity index (χ3v) is 3.09. The molecule has 2 rings (SSSR count). The summed E-state index contributed by atoms with van der Waals surface area (Å²) in [5.74, 6) is 0.440. The van der Waals surface area contributed by atoms with Gasteiger partial charge in [0, 0.05) is 12.4 Å². The minimum absolute atomic E-state index is 0.355. The minimum Gasteiger partial charge on any atom is -0.496 e. The fourth-order valence-electron chi connectivity index (χ4n) is 2.21. The van der Waals surface area contributed by atoms with E-state index in [9.17, 15) is 4.39 Å². The van der Waals surface area contributed by atoms with Crippen molar-refractivity contribution in [1.82, 2.24) is 15.3 Å². The van der Waals surface area contributed by atoms with Crippen molar-refractivity contribution >= 4 is 0 Å². The molecule has 21 heavy (non-hydrogen) atoms. The van der Waals surface area contributed by atoms with Crippen molar-refractivity contribution in [2.75, 3.05) is 20.8 Å². The molecule has 1 N–H and O–H groups in total. The monoisotopic (exact) mass is 291 g/mol. The Morgan fingerprint density at radius 3 is 2.62 bits per heavy atom. The first kappa shape index (κ1) is 15.2. The summed E-state index contributed by atoms with van der Waals surface area (Å²) in [4.78, 5) is 8.41. The second-order valence-electron chi connectivity index (χ2n) is 4.30. The number of methoxy groups -OCH3 is 2. The van der Waals surface area contributed by atoms with Crippen molar-refractivity contribution in [1.29, 1.82) is 0 Å². The highest BCUT2D eigenvalue weighted by Gasteiger charge is 2.26. The van der Waals surface area contributed by atoms with Crippen LogP contribution in [0.1, 0.15) is 24.2 Å². The predicted molar refractivity (Wildman–Crippen MR) is 77.1 cm³/mol. The predicted octanol–water partition coefficient (Wildman–Crippen LogP) is 2.33. The molecule has 1 aromatic carbocycles. The maximum Gasteiger partial charge on any atom is 0.237 e. The quantitative estimate of drug-likeness (QED) is 0.885. The number of benzene rings is 1. The van der Waals surface area contributed by atoms with Gasteiger partial charge in [0.25, 0.3) is 0 Å². The molecule has 1 atom stereocenters. The van der Waals surface area contributed by atoms with Crippen molar-refractivity contribution in [3.8, 4) is 11.6 Å². The largest absolute Gasteiger partial charge is 0.496 e. The van der Waals surface area contributed by atoms with Crippen LogP contribution in [-0.4, -0.2) is 30.7 Å². The Morgan fingerprint density at radius 2 is 1.95 bits per heavy atom. The molecule has 2 aromatic rings. The Morgan fingerprint density at radius 1 is 1.19 bits per heavy atom. The van der Waals surface area contributed by atoms with E-state index in [1.165, 1.54) is 26.5 Å². The summed E-state index contributed by atoms with van der Waals surface area (Å²) in [5.41, 5.74) is 0.908. The highest BCUT2D eigenvalue weighted by molar-refractivity contribution is 5.43. The van der Waals surface area contributed by atoms with Crippen LogP contribution in [0.25, 0.3) is 0 Å². The van der Waals surface area contributed by atoms with Gasteiger partial charge in [-0.2, -0.15) is 0 Å². The third kappa shape index (κ3) is 3.11. The highest BCUT2D eigenvalue weighted by Crippen LogP contribution is 2.34. The van der Waals surface area contributed by atoms with Crippen molar-refractivity contribution in [3.05, 3.63) is 47.7 Å². The summed E-state index contributed by atoms with van der Waals surface area (Å²) < 4.78 is 24.8. The number of ether oxygens (including phenoxy) is 2. The Bertz CT molecular complexity index is 607. The molecule has 0 fully saturated rings. The molecule has 1 aromatic heterocycles. The van der Waals surface area contributed by atoms with Gasteiger partial charge in [0.2, 0.25) is 5.88 Å². The molecule has 0 bridgehead atoms. The molecule has 0 aliphatic carbocycles. The van der Waals surface area contributed by atoms with Gasteiger partial charge < -0.3 is 14.8 Å². The van der Waals surface area contributed by atoms with Gasteiger partial charge in [-0.3, -0.25) is 4.98 Å². The molecule has 0 saturated carbocycles. The number of nitrogens with zero attached hydrogens (tertiary/aromatic N) is 2. The van der Waals surface area contributed by atoms with Crippen LogP contribution in [0.15, 0.2) is 30.6 Å². The van der Waals surface area contributed by atoms with Crippen LogP contribution in [-0.2, 0) is 0 Å². The Balaban J connectivity index is 2.59. The number of halogens is 1. The molecule has 5 nitrogen and oxygen atoms in total. The van der Waals surface area contributed by atoms with Gasteiger partial charge in [-0.05, 0) is 18.7 Å². The number of nitrogens with one attached hydrogen (secondary N) is 1. The third-order valence-electron chi connectivity index (χ3n) is 3.09. The maximum absolute atomic E-state index is 14.3. The molecule has 6 heteroatoms. The summed E-state index contributed by atoms with van der Waals surface area (Å²) in [7, 11) is 3.02. The van der Waals surface area contributed by atoms with Gasteiger partial charge in [-0.15, -0.1) is 0 Å². The molecule has 0 saturated heterocycles. The van der Waals surface area contributed by atoms with E-state index in [0.29, 0.717) is 29.4 Å². The smallest absolute Gasteiger partial charge is 0.237 e. The molecule has 0 aliphatic heterocycles. The van der Waals surface area contributed by atoms with E-state index >= 15 is 0 Å². The van der Waals surface area contributed by atoms with E-state index in [0.717, 1.165) is 0 Å². The summed E-state index contributed by atoms with van der Waals surface area (Å²) in [6.07, 6.45) is 3.08. The first-order valence-corrected chi connectivity index (χ1v) is 6.63. The zero-order valence-electron chi connectivity index (χ0n) is 12.3. The molecule has 112 valence electrons. The molecule has 0 aliphatic rings. The van der Waals surface area contributed by atoms with Crippen LogP contribution in [0.2, 0.25) is 0 Å². The number of hydrogen-bond donors (Lipinski definition) is 1. The lowest BCUT2D eigenvalue weighted by molar-refractivity contribution is 0.374. The Hall–Kier alpha value is -2.21. The lowest BCUT2D eigenvalue weighted by atomic mass is 10.0. The Kier molecular flexibility index (Phi) is 5.05. The van der Waals surface area contributed by atoms with Gasteiger partial charge in [0.05, 0.1) is 25.8 Å². The average molecular weight is 291 g/mol. The van der Waals surface area contributed by atoms with Crippen LogP contribution in [0, 0.1) is 5.82 Å². The van der Waals surface area contributed by atoms with Gasteiger partial charge in [-0.25, -0.2) is 9.37 Å². The number of rotatable bonds is 6. The van der Waals surface area contributed by atoms with Crippen LogP contribution >= 0.6 is 0 Å². The van der Waals surface area contributed by atoms with Crippen molar-refractivity contribution in [2.24, 2.45) is 0 Å². The molecule has 0 spiro atoms. The van der Waals surface area contributed by atoms with E-state index in [2.05, 4.69) is 15.3 Å². The second-order valence-corrected chi connectivity index (χ2v) is 4.30. The average Bonchev–Trinajstić information content (AvgIpc) is 2.53.